The second kappa shape index (κ2) is 10.2. The number of halogens is 2. The molecule has 0 radical (unpaired) electrons. The molecule has 0 aliphatic heterocycles. The molecule has 0 aromatic heterocycles. The topological polar surface area (TPSA) is 118 Å². The van der Waals surface area contributed by atoms with E-state index < -0.39 is 24.9 Å². The molecule has 3 atom stereocenters. The van der Waals surface area contributed by atoms with Crippen LogP contribution in [0.5, 0.6) is 0 Å². The normalized spacial score (nSPS) is 14.9. The Balaban J connectivity index is 2.24. The Morgan fingerprint density at radius 2 is 1.57 bits per heavy atom. The zero-order chi connectivity index (χ0) is 20.8. The second-order valence-corrected chi connectivity index (χ2v) is 7.28. The third kappa shape index (κ3) is 5.88. The molecule has 0 aliphatic rings. The highest BCUT2D eigenvalue weighted by Crippen LogP contribution is 2.33. The van der Waals surface area contributed by atoms with Gasteiger partial charge in [0.05, 0.1) is 23.4 Å². The maximum Gasteiger partial charge on any atom is 0.110 e. The molecule has 152 valence electrons. The largest absolute Gasteiger partial charge is 0.394 e. The molecule has 0 aliphatic carbocycles. The lowest BCUT2D eigenvalue weighted by Crippen LogP contribution is -2.42. The molecular formula is C19H23Cl2N3O4. The number of azo groups is 1. The van der Waals surface area contributed by atoms with Crippen LogP contribution in [0.1, 0.15) is 11.1 Å². The summed E-state index contributed by atoms with van der Waals surface area (Å²) in [6.45, 7) is 3.14. The van der Waals surface area contributed by atoms with Crippen molar-refractivity contribution in [2.75, 3.05) is 18.5 Å². The van der Waals surface area contributed by atoms with E-state index in [9.17, 15) is 15.3 Å². The minimum Gasteiger partial charge on any atom is -0.394 e. The van der Waals surface area contributed by atoms with E-state index in [0.717, 1.165) is 11.1 Å². The van der Waals surface area contributed by atoms with Gasteiger partial charge in [-0.3, -0.25) is 0 Å². The molecule has 7 nitrogen and oxygen atoms in total. The zero-order valence-electron chi connectivity index (χ0n) is 15.5. The van der Waals surface area contributed by atoms with Crippen LogP contribution in [0.25, 0.3) is 0 Å². The van der Waals surface area contributed by atoms with Gasteiger partial charge in [-0.05, 0) is 55.3 Å². The standard InChI is InChI=1S/C19H23Cl2N3O4/c1-10-5-15(22-8-17(26)19(28)18(27)9-25)16(6-11(10)2)24-23-14-7-12(20)3-4-13(14)21/h3-7,17-19,22,25-28H,8-9H2,1-2H3. The van der Waals surface area contributed by atoms with Gasteiger partial charge in [-0.2, -0.15) is 0 Å². The van der Waals surface area contributed by atoms with Crippen molar-refractivity contribution in [3.63, 3.8) is 0 Å². The lowest BCUT2D eigenvalue weighted by molar-refractivity contribution is -0.0715. The molecule has 2 aromatic rings. The molecule has 2 rings (SSSR count). The Kier molecular flexibility index (Phi) is 8.18. The van der Waals surface area contributed by atoms with E-state index in [1.54, 1.807) is 18.2 Å². The summed E-state index contributed by atoms with van der Waals surface area (Å²) in [4.78, 5) is 0. The number of nitrogens with one attached hydrogen (secondary N) is 1. The number of hydrogen-bond donors (Lipinski definition) is 5. The van der Waals surface area contributed by atoms with E-state index in [-0.39, 0.29) is 6.54 Å². The summed E-state index contributed by atoms with van der Waals surface area (Å²) in [5, 5.41) is 50.4. The first kappa shape index (κ1) is 22.5. The number of anilines is 1. The van der Waals surface area contributed by atoms with Crippen LogP contribution in [0.2, 0.25) is 10.0 Å². The Hall–Kier alpha value is -1.74. The predicted octanol–water partition coefficient (Wildman–Crippen LogP) is 3.51. The van der Waals surface area contributed by atoms with E-state index in [2.05, 4.69) is 15.5 Å². The van der Waals surface area contributed by atoms with Crippen molar-refractivity contribution in [1.29, 1.82) is 0 Å². The van der Waals surface area contributed by atoms with Gasteiger partial charge in [0.1, 0.15) is 23.6 Å². The first-order valence-corrected chi connectivity index (χ1v) is 9.35. The summed E-state index contributed by atoms with van der Waals surface area (Å²) in [5.41, 5.74) is 3.48. The average Bonchev–Trinajstić information content (AvgIpc) is 2.68. The lowest BCUT2D eigenvalue weighted by Gasteiger charge is -2.22. The number of aryl methyl sites for hydroxylation is 2. The van der Waals surface area contributed by atoms with Crippen molar-refractivity contribution in [1.82, 2.24) is 0 Å². The van der Waals surface area contributed by atoms with Crippen molar-refractivity contribution >= 4 is 40.3 Å². The second-order valence-electron chi connectivity index (χ2n) is 6.44. The minimum absolute atomic E-state index is 0.0683. The molecule has 0 heterocycles. The fourth-order valence-corrected chi connectivity index (χ4v) is 2.72. The van der Waals surface area contributed by atoms with Crippen molar-refractivity contribution < 1.29 is 20.4 Å². The molecule has 0 amide bonds. The number of aliphatic hydroxyl groups excluding tert-OH is 4. The summed E-state index contributed by atoms with van der Waals surface area (Å²) in [6.07, 6.45) is -4.21. The van der Waals surface area contributed by atoms with Crippen LogP contribution in [0.3, 0.4) is 0 Å². The van der Waals surface area contributed by atoms with Crippen LogP contribution in [-0.4, -0.2) is 51.9 Å². The number of rotatable bonds is 8. The number of nitrogens with zero attached hydrogens (tertiary/aromatic N) is 2. The number of aliphatic hydroxyl groups is 4. The van der Waals surface area contributed by atoms with Gasteiger partial charge in [0.2, 0.25) is 0 Å². The molecule has 28 heavy (non-hydrogen) atoms. The Bertz CT molecular complexity index is 848. The summed E-state index contributed by atoms with van der Waals surface area (Å²) >= 11 is 12.1. The zero-order valence-corrected chi connectivity index (χ0v) is 17.0. The highest BCUT2D eigenvalue weighted by molar-refractivity contribution is 6.35. The van der Waals surface area contributed by atoms with Crippen LogP contribution in [0.15, 0.2) is 40.6 Å². The van der Waals surface area contributed by atoms with Gasteiger partial charge in [-0.25, -0.2) is 0 Å². The Morgan fingerprint density at radius 3 is 2.25 bits per heavy atom. The van der Waals surface area contributed by atoms with Crippen molar-refractivity contribution in [3.05, 3.63) is 51.5 Å². The highest BCUT2D eigenvalue weighted by atomic mass is 35.5. The predicted molar refractivity (Wildman–Crippen MR) is 110 cm³/mol. The molecule has 0 bridgehead atoms. The van der Waals surface area contributed by atoms with E-state index in [1.165, 1.54) is 0 Å². The SMILES string of the molecule is Cc1cc(N=Nc2cc(Cl)ccc2Cl)c(NCC(O)C(O)C(O)CO)cc1C. The van der Waals surface area contributed by atoms with E-state index in [4.69, 9.17) is 28.3 Å². The highest BCUT2D eigenvalue weighted by Gasteiger charge is 2.24. The van der Waals surface area contributed by atoms with Crippen LogP contribution in [0.4, 0.5) is 17.1 Å². The van der Waals surface area contributed by atoms with Crippen molar-refractivity contribution in [3.8, 4) is 0 Å². The van der Waals surface area contributed by atoms with Gasteiger partial charge in [-0.15, -0.1) is 10.2 Å². The summed E-state index contributed by atoms with van der Waals surface area (Å²) < 4.78 is 0. The van der Waals surface area contributed by atoms with Gasteiger partial charge in [-0.1, -0.05) is 23.2 Å². The molecule has 0 fully saturated rings. The number of hydrogen-bond acceptors (Lipinski definition) is 7. The molecule has 0 saturated heterocycles. The van der Waals surface area contributed by atoms with Gasteiger partial charge in [0, 0.05) is 11.6 Å². The third-order valence-electron chi connectivity index (χ3n) is 4.26. The molecular weight excluding hydrogens is 405 g/mol. The van der Waals surface area contributed by atoms with Crippen LogP contribution < -0.4 is 5.32 Å². The van der Waals surface area contributed by atoms with Crippen LogP contribution >= 0.6 is 23.2 Å². The monoisotopic (exact) mass is 427 g/mol. The molecule has 0 spiro atoms. The maximum atomic E-state index is 10.0. The number of benzene rings is 2. The fourth-order valence-electron chi connectivity index (χ4n) is 2.40. The van der Waals surface area contributed by atoms with Gasteiger partial charge in [0.15, 0.2) is 0 Å². The summed E-state index contributed by atoms with van der Waals surface area (Å²) in [7, 11) is 0. The van der Waals surface area contributed by atoms with Gasteiger partial charge in [0.25, 0.3) is 0 Å². The maximum absolute atomic E-state index is 10.0. The summed E-state index contributed by atoms with van der Waals surface area (Å²) in [6, 6.07) is 8.54. The minimum atomic E-state index is -1.49. The van der Waals surface area contributed by atoms with Gasteiger partial charge >= 0.3 is 0 Å². The van der Waals surface area contributed by atoms with Crippen LogP contribution in [0, 0.1) is 13.8 Å². The van der Waals surface area contributed by atoms with E-state index in [0.29, 0.717) is 27.1 Å². The molecule has 2 aromatic carbocycles. The molecule has 0 saturated carbocycles. The van der Waals surface area contributed by atoms with E-state index >= 15 is 0 Å². The molecule has 3 unspecified atom stereocenters. The Morgan fingerprint density at radius 1 is 0.929 bits per heavy atom. The van der Waals surface area contributed by atoms with Crippen molar-refractivity contribution in [2.24, 2.45) is 10.2 Å². The molecule has 5 N–H and O–H groups in total. The first-order chi connectivity index (χ1) is 13.2. The van der Waals surface area contributed by atoms with Gasteiger partial charge < -0.3 is 25.7 Å². The van der Waals surface area contributed by atoms with E-state index in [1.807, 2.05) is 26.0 Å². The Labute approximate surface area is 173 Å². The average molecular weight is 428 g/mol. The fraction of sp³-hybridized carbons (Fsp3) is 0.368. The molecule has 9 heteroatoms. The quantitative estimate of drug-likeness (QED) is 0.413. The first-order valence-electron chi connectivity index (χ1n) is 8.60. The van der Waals surface area contributed by atoms with Crippen LogP contribution in [-0.2, 0) is 0 Å². The van der Waals surface area contributed by atoms with Crippen molar-refractivity contribution in [2.45, 2.75) is 32.2 Å². The third-order valence-corrected chi connectivity index (χ3v) is 4.82. The lowest BCUT2D eigenvalue weighted by atomic mass is 10.1. The smallest absolute Gasteiger partial charge is 0.110 e. The summed E-state index contributed by atoms with van der Waals surface area (Å²) in [5.74, 6) is 0.